The first-order valence-electron chi connectivity index (χ1n) is 4.61. The van der Waals surface area contributed by atoms with Crippen LogP contribution in [-0.4, -0.2) is 33.1 Å². The lowest BCUT2D eigenvalue weighted by Crippen LogP contribution is -2.35. The largest absolute Gasteiger partial charge is 0.486 e. The van der Waals surface area contributed by atoms with Gasteiger partial charge in [-0.05, 0) is 12.1 Å². The Labute approximate surface area is 88.7 Å². The number of benzene rings is 1. The molecule has 4 nitrogen and oxygen atoms in total. The summed E-state index contributed by atoms with van der Waals surface area (Å²) in [5, 5.41) is 0. The van der Waals surface area contributed by atoms with Gasteiger partial charge in [0.2, 0.25) is 0 Å². The Hall–Kier alpha value is -1.23. The Morgan fingerprint density at radius 2 is 2.00 bits per heavy atom. The van der Waals surface area contributed by atoms with Gasteiger partial charge in [0.25, 0.3) is 0 Å². The van der Waals surface area contributed by atoms with Crippen LogP contribution in [0.4, 0.5) is 0 Å². The predicted octanol–water partition coefficient (Wildman–Crippen LogP) is 0.871. The topological polar surface area (TPSA) is 52.6 Å². The van der Waals surface area contributed by atoms with Crippen LogP contribution in [0.5, 0.6) is 11.5 Å². The summed E-state index contributed by atoms with van der Waals surface area (Å²) in [6, 6.07) is 7.24. The van der Waals surface area contributed by atoms with Crippen molar-refractivity contribution < 1.29 is 17.9 Å². The summed E-state index contributed by atoms with van der Waals surface area (Å²) in [5.41, 5.74) is 0. The molecule has 1 aliphatic heterocycles. The van der Waals surface area contributed by atoms with Crippen LogP contribution in [-0.2, 0) is 9.84 Å². The molecule has 1 unspecified atom stereocenters. The van der Waals surface area contributed by atoms with E-state index in [0.717, 1.165) is 0 Å². The van der Waals surface area contributed by atoms with Gasteiger partial charge in [0, 0.05) is 6.26 Å². The van der Waals surface area contributed by atoms with Gasteiger partial charge in [-0.1, -0.05) is 12.1 Å². The highest BCUT2D eigenvalue weighted by Gasteiger charge is 2.23. The van der Waals surface area contributed by atoms with Gasteiger partial charge >= 0.3 is 0 Å². The van der Waals surface area contributed by atoms with Gasteiger partial charge in [0.15, 0.2) is 21.3 Å². The van der Waals surface area contributed by atoms with Crippen molar-refractivity contribution in [2.24, 2.45) is 0 Å². The maximum absolute atomic E-state index is 11.1. The minimum absolute atomic E-state index is 0.0126. The highest BCUT2D eigenvalue weighted by molar-refractivity contribution is 7.90. The molecule has 5 heteroatoms. The fourth-order valence-corrected chi connectivity index (χ4v) is 2.32. The van der Waals surface area contributed by atoms with Gasteiger partial charge in [-0.15, -0.1) is 0 Å². The van der Waals surface area contributed by atoms with Crippen molar-refractivity contribution in [3.63, 3.8) is 0 Å². The Morgan fingerprint density at radius 1 is 1.33 bits per heavy atom. The monoisotopic (exact) mass is 228 g/mol. The van der Waals surface area contributed by atoms with Crippen molar-refractivity contribution in [1.29, 1.82) is 0 Å². The van der Waals surface area contributed by atoms with E-state index in [2.05, 4.69) is 0 Å². The molecular weight excluding hydrogens is 216 g/mol. The van der Waals surface area contributed by atoms with Crippen LogP contribution in [0.15, 0.2) is 24.3 Å². The second-order valence-corrected chi connectivity index (χ2v) is 5.77. The lowest BCUT2D eigenvalue weighted by molar-refractivity contribution is 0.106. The SMILES string of the molecule is CS(=O)(=O)CC1COc2ccccc2O1. The van der Waals surface area contributed by atoms with Crippen molar-refractivity contribution in [2.45, 2.75) is 6.10 Å². The maximum atomic E-state index is 11.1. The average molecular weight is 228 g/mol. The van der Waals surface area contributed by atoms with E-state index in [-0.39, 0.29) is 12.4 Å². The zero-order chi connectivity index (χ0) is 10.9. The highest BCUT2D eigenvalue weighted by atomic mass is 32.2. The second-order valence-electron chi connectivity index (χ2n) is 3.59. The van der Waals surface area contributed by atoms with Crippen molar-refractivity contribution in [2.75, 3.05) is 18.6 Å². The van der Waals surface area contributed by atoms with Crippen LogP contribution in [0.1, 0.15) is 0 Å². The van der Waals surface area contributed by atoms with Crippen LogP contribution in [0.25, 0.3) is 0 Å². The smallest absolute Gasteiger partial charge is 0.161 e. The van der Waals surface area contributed by atoms with Crippen LogP contribution in [0.3, 0.4) is 0 Å². The summed E-state index contributed by atoms with van der Waals surface area (Å²) in [5.74, 6) is 1.26. The Balaban J connectivity index is 2.12. The quantitative estimate of drug-likeness (QED) is 0.753. The summed E-state index contributed by atoms with van der Waals surface area (Å²) in [7, 11) is -3.03. The summed E-state index contributed by atoms with van der Waals surface area (Å²) in [6.45, 7) is 0.282. The molecule has 2 rings (SSSR count). The van der Waals surface area contributed by atoms with Crippen molar-refractivity contribution in [1.82, 2.24) is 0 Å². The Kier molecular flexibility index (Phi) is 2.56. The third kappa shape index (κ3) is 2.62. The maximum Gasteiger partial charge on any atom is 0.161 e. The van der Waals surface area contributed by atoms with Crippen LogP contribution >= 0.6 is 0 Å². The fraction of sp³-hybridized carbons (Fsp3) is 0.400. The van der Waals surface area contributed by atoms with E-state index in [9.17, 15) is 8.42 Å². The molecule has 0 amide bonds. The minimum atomic E-state index is -3.03. The van der Waals surface area contributed by atoms with E-state index < -0.39 is 15.9 Å². The van der Waals surface area contributed by atoms with E-state index in [1.54, 1.807) is 12.1 Å². The third-order valence-electron chi connectivity index (χ3n) is 2.06. The summed E-state index contributed by atoms with van der Waals surface area (Å²) >= 11 is 0. The number of fused-ring (bicyclic) bond motifs is 1. The standard InChI is InChI=1S/C10H12O4S/c1-15(11,12)7-8-6-13-9-4-2-3-5-10(9)14-8/h2-5,8H,6-7H2,1H3. The van der Waals surface area contributed by atoms with Gasteiger partial charge in [-0.2, -0.15) is 0 Å². The molecule has 1 aliphatic rings. The van der Waals surface area contributed by atoms with E-state index in [4.69, 9.17) is 9.47 Å². The van der Waals surface area contributed by atoms with Gasteiger partial charge in [0.05, 0.1) is 5.75 Å². The van der Waals surface area contributed by atoms with Crippen LogP contribution in [0.2, 0.25) is 0 Å². The van der Waals surface area contributed by atoms with E-state index >= 15 is 0 Å². The van der Waals surface area contributed by atoms with Gasteiger partial charge in [-0.25, -0.2) is 8.42 Å². The van der Waals surface area contributed by atoms with E-state index in [1.807, 2.05) is 12.1 Å². The zero-order valence-corrected chi connectivity index (χ0v) is 9.16. The normalized spacial score (nSPS) is 19.9. The number of rotatable bonds is 2. The molecule has 15 heavy (non-hydrogen) atoms. The van der Waals surface area contributed by atoms with Crippen molar-refractivity contribution >= 4 is 9.84 Å². The number of hydrogen-bond donors (Lipinski definition) is 0. The molecule has 0 fully saturated rings. The highest BCUT2D eigenvalue weighted by Crippen LogP contribution is 2.30. The molecule has 0 radical (unpaired) electrons. The average Bonchev–Trinajstić information content (AvgIpc) is 2.15. The molecule has 0 aromatic heterocycles. The van der Waals surface area contributed by atoms with Crippen molar-refractivity contribution in [3.05, 3.63) is 24.3 Å². The first-order chi connectivity index (χ1) is 7.04. The van der Waals surface area contributed by atoms with Gasteiger partial charge < -0.3 is 9.47 Å². The summed E-state index contributed by atoms with van der Waals surface area (Å²) in [4.78, 5) is 0. The van der Waals surface area contributed by atoms with Crippen LogP contribution in [0, 0.1) is 0 Å². The third-order valence-corrected chi connectivity index (χ3v) is 3.03. The molecule has 1 heterocycles. The van der Waals surface area contributed by atoms with Gasteiger partial charge in [-0.3, -0.25) is 0 Å². The summed E-state index contributed by atoms with van der Waals surface area (Å²) < 4.78 is 33.0. The lowest BCUT2D eigenvalue weighted by atomic mass is 10.3. The first-order valence-corrected chi connectivity index (χ1v) is 6.67. The number of hydrogen-bond acceptors (Lipinski definition) is 4. The molecule has 0 bridgehead atoms. The molecule has 82 valence electrons. The molecular formula is C10H12O4S. The first kappa shape index (κ1) is 10.3. The Bertz CT molecular complexity index is 452. The van der Waals surface area contributed by atoms with E-state index in [1.165, 1.54) is 6.26 Å². The van der Waals surface area contributed by atoms with E-state index in [0.29, 0.717) is 11.5 Å². The number of para-hydroxylation sites is 2. The molecule has 0 saturated carbocycles. The predicted molar refractivity (Wildman–Crippen MR) is 56.1 cm³/mol. The minimum Gasteiger partial charge on any atom is -0.486 e. The molecule has 1 aromatic rings. The number of sulfone groups is 1. The second kappa shape index (κ2) is 3.73. The molecule has 0 aliphatic carbocycles. The zero-order valence-electron chi connectivity index (χ0n) is 8.34. The molecule has 0 saturated heterocycles. The van der Waals surface area contributed by atoms with Crippen LogP contribution < -0.4 is 9.47 Å². The molecule has 1 atom stereocenters. The molecule has 1 aromatic carbocycles. The van der Waals surface area contributed by atoms with Crippen molar-refractivity contribution in [3.8, 4) is 11.5 Å². The Morgan fingerprint density at radius 3 is 2.67 bits per heavy atom. The number of ether oxygens (including phenoxy) is 2. The summed E-state index contributed by atoms with van der Waals surface area (Å²) in [6.07, 6.45) is 0.784. The lowest BCUT2D eigenvalue weighted by Gasteiger charge is -2.25. The fourth-order valence-electron chi connectivity index (χ4n) is 1.48. The molecule has 0 N–H and O–H groups in total. The molecule has 0 spiro atoms. The van der Waals surface area contributed by atoms with Gasteiger partial charge in [0.1, 0.15) is 12.7 Å².